The van der Waals surface area contributed by atoms with E-state index in [4.69, 9.17) is 9.47 Å². The number of aliphatic hydroxyl groups excluding tert-OH is 1. The summed E-state index contributed by atoms with van der Waals surface area (Å²) in [4.78, 5) is 24.5. The van der Waals surface area contributed by atoms with Crippen LogP contribution >= 0.6 is 0 Å². The maximum absolute atomic E-state index is 12.3. The SMILES string of the molecule is CC/C=C\C/C=C\C/C=C\C/C=C\C/C=C\C/C=C\C/C=C\C/C=C\C/C=C\C/C=C\CCCCCCC(=O)OC(CO)COC(=O)CCCCCCCCCCCCCCCCCCCCCCCC. The predicted octanol–water partition coefficient (Wildman–Crippen LogP) is 20.2. The molecule has 0 fully saturated rings. The Labute approximate surface area is 439 Å². The first-order chi connectivity index (χ1) is 35.1. The maximum atomic E-state index is 12.3. The van der Waals surface area contributed by atoms with Crippen LogP contribution in [0.15, 0.2) is 122 Å². The Morgan fingerprint density at radius 1 is 0.338 bits per heavy atom. The molecule has 5 nitrogen and oxygen atoms in total. The van der Waals surface area contributed by atoms with E-state index in [9.17, 15) is 14.7 Å². The molecule has 404 valence electrons. The van der Waals surface area contributed by atoms with E-state index in [1.54, 1.807) is 0 Å². The van der Waals surface area contributed by atoms with Crippen molar-refractivity contribution in [1.82, 2.24) is 0 Å². The molecule has 71 heavy (non-hydrogen) atoms. The third-order valence-corrected chi connectivity index (χ3v) is 12.5. The van der Waals surface area contributed by atoms with Crippen molar-refractivity contribution in [3.63, 3.8) is 0 Å². The van der Waals surface area contributed by atoms with Crippen LogP contribution in [0.1, 0.15) is 264 Å². The number of hydrogen-bond acceptors (Lipinski definition) is 5. The van der Waals surface area contributed by atoms with E-state index < -0.39 is 6.10 Å². The van der Waals surface area contributed by atoms with Crippen molar-refractivity contribution >= 4 is 11.9 Å². The van der Waals surface area contributed by atoms with Gasteiger partial charge in [-0.25, -0.2) is 0 Å². The molecular formula is C66H110O5. The van der Waals surface area contributed by atoms with Crippen molar-refractivity contribution in [2.45, 2.75) is 270 Å². The fourth-order valence-corrected chi connectivity index (χ4v) is 8.11. The molecule has 0 aliphatic carbocycles. The molecule has 0 radical (unpaired) electrons. The molecule has 0 amide bonds. The van der Waals surface area contributed by atoms with E-state index >= 15 is 0 Å². The zero-order valence-electron chi connectivity index (χ0n) is 46.2. The number of rotatable bonds is 53. The second kappa shape index (κ2) is 60.6. The fourth-order valence-electron chi connectivity index (χ4n) is 8.11. The number of esters is 2. The normalized spacial score (nSPS) is 13.1. The van der Waals surface area contributed by atoms with Crippen LogP contribution in [0.4, 0.5) is 0 Å². The van der Waals surface area contributed by atoms with Crippen molar-refractivity contribution in [2.24, 2.45) is 0 Å². The first-order valence-electron chi connectivity index (χ1n) is 29.6. The lowest BCUT2D eigenvalue weighted by Crippen LogP contribution is -2.28. The van der Waals surface area contributed by atoms with E-state index in [0.29, 0.717) is 12.8 Å². The minimum absolute atomic E-state index is 0.0803. The van der Waals surface area contributed by atoms with Crippen molar-refractivity contribution in [3.8, 4) is 0 Å². The van der Waals surface area contributed by atoms with E-state index in [1.807, 2.05) is 0 Å². The number of unbranched alkanes of at least 4 members (excludes halogenated alkanes) is 25. The van der Waals surface area contributed by atoms with E-state index in [-0.39, 0.29) is 25.2 Å². The van der Waals surface area contributed by atoms with Gasteiger partial charge in [0.25, 0.3) is 0 Å². The molecular weight excluding hydrogens is 873 g/mol. The third kappa shape index (κ3) is 58.8. The number of carbonyl (C=O) groups excluding carboxylic acids is 2. The van der Waals surface area contributed by atoms with Gasteiger partial charge >= 0.3 is 11.9 Å². The smallest absolute Gasteiger partial charge is 0.306 e. The molecule has 0 aliphatic rings. The second-order valence-electron chi connectivity index (χ2n) is 19.3. The van der Waals surface area contributed by atoms with Crippen LogP contribution in [0.3, 0.4) is 0 Å². The summed E-state index contributed by atoms with van der Waals surface area (Å²) in [5.74, 6) is -0.618. The van der Waals surface area contributed by atoms with Crippen LogP contribution in [0.25, 0.3) is 0 Å². The quantitative estimate of drug-likeness (QED) is 0.0373. The highest BCUT2D eigenvalue weighted by molar-refractivity contribution is 5.70. The van der Waals surface area contributed by atoms with Gasteiger partial charge in [-0.2, -0.15) is 0 Å². The molecule has 0 aromatic heterocycles. The molecule has 1 N–H and O–H groups in total. The lowest BCUT2D eigenvalue weighted by Gasteiger charge is -2.15. The summed E-state index contributed by atoms with van der Waals surface area (Å²) < 4.78 is 10.7. The van der Waals surface area contributed by atoms with Crippen molar-refractivity contribution in [2.75, 3.05) is 13.2 Å². The minimum atomic E-state index is -0.793. The van der Waals surface area contributed by atoms with Gasteiger partial charge in [0, 0.05) is 12.8 Å². The van der Waals surface area contributed by atoms with Gasteiger partial charge in [0.15, 0.2) is 6.10 Å². The molecule has 0 aromatic rings. The highest BCUT2D eigenvalue weighted by Crippen LogP contribution is 2.16. The number of hydrogen-bond donors (Lipinski definition) is 1. The number of allylic oxidation sites excluding steroid dienone is 20. The molecule has 0 rings (SSSR count). The highest BCUT2D eigenvalue weighted by atomic mass is 16.6. The zero-order chi connectivity index (χ0) is 51.3. The second-order valence-corrected chi connectivity index (χ2v) is 19.3. The van der Waals surface area contributed by atoms with Gasteiger partial charge in [-0.05, 0) is 89.9 Å². The van der Waals surface area contributed by atoms with Crippen LogP contribution in [-0.4, -0.2) is 36.4 Å². The molecule has 1 unspecified atom stereocenters. The van der Waals surface area contributed by atoms with Crippen molar-refractivity contribution in [1.29, 1.82) is 0 Å². The average Bonchev–Trinajstić information content (AvgIpc) is 3.37. The molecule has 0 aromatic carbocycles. The summed E-state index contributed by atoms with van der Waals surface area (Å²) in [7, 11) is 0. The van der Waals surface area contributed by atoms with Crippen LogP contribution in [-0.2, 0) is 19.1 Å². The largest absolute Gasteiger partial charge is 0.462 e. The molecule has 1 atom stereocenters. The summed E-state index contributed by atoms with van der Waals surface area (Å²) in [6.07, 6.45) is 88.9. The van der Waals surface area contributed by atoms with Gasteiger partial charge in [-0.3, -0.25) is 9.59 Å². The number of ether oxygens (including phenoxy) is 2. The maximum Gasteiger partial charge on any atom is 0.306 e. The summed E-state index contributed by atoms with van der Waals surface area (Å²) in [6.45, 7) is 4.02. The van der Waals surface area contributed by atoms with E-state index in [1.165, 1.54) is 122 Å². The van der Waals surface area contributed by atoms with E-state index in [2.05, 4.69) is 135 Å². The van der Waals surface area contributed by atoms with Gasteiger partial charge in [0.1, 0.15) is 6.61 Å². The first-order valence-corrected chi connectivity index (χ1v) is 29.6. The molecule has 0 saturated heterocycles. The van der Waals surface area contributed by atoms with Gasteiger partial charge in [0.2, 0.25) is 0 Å². The Hall–Kier alpha value is -3.70. The lowest BCUT2D eigenvalue weighted by atomic mass is 10.0. The Kier molecular flexibility index (Phi) is 57.4. The van der Waals surface area contributed by atoms with Gasteiger partial charge in [-0.1, -0.05) is 283 Å². The fraction of sp³-hybridized carbons (Fsp3) is 0.667. The van der Waals surface area contributed by atoms with Crippen LogP contribution in [0.5, 0.6) is 0 Å². The van der Waals surface area contributed by atoms with Crippen LogP contribution in [0.2, 0.25) is 0 Å². The van der Waals surface area contributed by atoms with Gasteiger partial charge < -0.3 is 14.6 Å². The van der Waals surface area contributed by atoms with Gasteiger partial charge in [0.05, 0.1) is 6.61 Å². The van der Waals surface area contributed by atoms with Crippen molar-refractivity contribution in [3.05, 3.63) is 122 Å². The van der Waals surface area contributed by atoms with Crippen LogP contribution < -0.4 is 0 Å². The average molecular weight is 984 g/mol. The number of aliphatic hydroxyl groups is 1. The molecule has 0 heterocycles. The Bertz CT molecular complexity index is 1440. The third-order valence-electron chi connectivity index (χ3n) is 12.5. The highest BCUT2D eigenvalue weighted by Gasteiger charge is 2.16. The zero-order valence-corrected chi connectivity index (χ0v) is 46.2. The van der Waals surface area contributed by atoms with Crippen molar-refractivity contribution < 1.29 is 24.2 Å². The van der Waals surface area contributed by atoms with E-state index in [0.717, 1.165) is 116 Å². The summed E-state index contributed by atoms with van der Waals surface area (Å²) >= 11 is 0. The summed E-state index contributed by atoms with van der Waals surface area (Å²) in [6, 6.07) is 0. The standard InChI is InChI=1S/C66H110O5/c1-3-5-7-9-11-13-15-17-19-21-23-25-27-28-29-30-31-32-33-34-35-36-37-38-39-41-43-45-47-49-51-53-55-57-59-61-66(69)71-64(62-67)63-70-65(68)60-58-56-54-52-50-48-46-44-42-40-26-24-22-20-18-16-14-12-10-8-6-4-2/h5,7,11,13,17,19,23,25,28-29,31-32,34-35,37-38,41,43,47,49,64,67H,3-4,6,8-10,12,14-16,18,20-22,24,26-27,30,33,36,39-40,42,44-46,48,50-63H2,1-2H3/b7-5-,13-11-,19-17-,25-23-,29-28-,32-31-,35-34-,38-37-,43-41-,49-47-. The number of carbonyl (C=O) groups is 2. The Balaban J connectivity index is 3.61. The Morgan fingerprint density at radius 3 is 0.915 bits per heavy atom. The Morgan fingerprint density at radius 2 is 0.606 bits per heavy atom. The molecule has 0 aliphatic heterocycles. The van der Waals surface area contributed by atoms with Gasteiger partial charge in [-0.15, -0.1) is 0 Å². The topological polar surface area (TPSA) is 72.8 Å². The summed E-state index contributed by atoms with van der Waals surface area (Å²) in [5.41, 5.74) is 0. The predicted molar refractivity (Wildman–Crippen MR) is 311 cm³/mol. The minimum Gasteiger partial charge on any atom is -0.462 e. The first kappa shape index (κ1) is 67.3. The molecule has 0 saturated carbocycles. The monoisotopic (exact) mass is 983 g/mol. The molecule has 0 spiro atoms. The lowest BCUT2D eigenvalue weighted by molar-refractivity contribution is -0.161. The molecule has 0 bridgehead atoms. The molecule has 5 heteroatoms. The van der Waals surface area contributed by atoms with Crippen LogP contribution in [0, 0.1) is 0 Å². The summed E-state index contributed by atoms with van der Waals surface area (Å²) in [5, 5.41) is 9.66.